The van der Waals surface area contributed by atoms with Crippen LogP contribution >= 0.6 is 0 Å². The SMILES string of the molecule is COC1=CC(C(=O)NC[C@@](O)(c2ccccc2)c2cc3c(cn2)OC[C@]3(C)C(N)=O)=CCc2ccc(C3CC3)nc21. The van der Waals surface area contributed by atoms with Gasteiger partial charge in [-0.15, -0.1) is 0 Å². The summed E-state index contributed by atoms with van der Waals surface area (Å²) in [6, 6.07) is 14.7. The number of nitrogens with two attached hydrogens (primary N) is 1. The van der Waals surface area contributed by atoms with Crippen molar-refractivity contribution < 1.29 is 24.2 Å². The standard InChI is InChI=1S/C32H32N4O5/c1-31(30(33)38)18-41-26-16-34-27(15-23(26)31)32(39,22-6-4-3-5-7-22)17-35-29(37)21-11-10-20-12-13-24(19-8-9-19)36-28(20)25(14-21)40-2/h3-7,11-16,19,39H,8-10,17-18H2,1-2H3,(H2,33,38)(H,35,37)/t31-,32+/m0/s1. The zero-order valence-corrected chi connectivity index (χ0v) is 23.0. The molecule has 0 saturated heterocycles. The summed E-state index contributed by atoms with van der Waals surface area (Å²) >= 11 is 0. The number of fused-ring (bicyclic) bond motifs is 2. The van der Waals surface area contributed by atoms with E-state index in [1.165, 1.54) is 6.20 Å². The molecule has 210 valence electrons. The van der Waals surface area contributed by atoms with E-state index >= 15 is 0 Å². The number of rotatable bonds is 8. The molecule has 3 aliphatic rings. The summed E-state index contributed by atoms with van der Waals surface area (Å²) in [7, 11) is 1.57. The van der Waals surface area contributed by atoms with Crippen LogP contribution < -0.4 is 15.8 Å². The molecule has 1 aromatic carbocycles. The maximum absolute atomic E-state index is 13.5. The highest BCUT2D eigenvalue weighted by Crippen LogP contribution is 2.41. The van der Waals surface area contributed by atoms with E-state index in [-0.39, 0.29) is 24.8 Å². The predicted molar refractivity (Wildman–Crippen MR) is 152 cm³/mol. The molecule has 2 aliphatic carbocycles. The van der Waals surface area contributed by atoms with Crippen molar-refractivity contribution >= 4 is 17.6 Å². The van der Waals surface area contributed by atoms with Crippen LogP contribution in [0.1, 0.15) is 59.5 Å². The van der Waals surface area contributed by atoms with E-state index in [1.807, 2.05) is 12.1 Å². The van der Waals surface area contributed by atoms with Gasteiger partial charge in [0.1, 0.15) is 34.8 Å². The quantitative estimate of drug-likeness (QED) is 0.391. The molecule has 0 spiro atoms. The van der Waals surface area contributed by atoms with Gasteiger partial charge in [-0.05, 0) is 55.5 Å². The number of carbonyl (C=O) groups excluding carboxylic acids is 2. The number of aromatic nitrogens is 2. The molecule has 3 heterocycles. The van der Waals surface area contributed by atoms with Crippen LogP contribution in [-0.2, 0) is 31.8 Å². The second-order valence-corrected chi connectivity index (χ2v) is 11.1. The normalized spacial score (nSPS) is 20.8. The zero-order chi connectivity index (χ0) is 28.8. The number of carbonyl (C=O) groups is 2. The molecule has 6 rings (SSSR count). The molecule has 1 aliphatic heterocycles. The van der Waals surface area contributed by atoms with E-state index in [1.54, 1.807) is 50.4 Å². The van der Waals surface area contributed by atoms with Gasteiger partial charge in [-0.25, -0.2) is 4.98 Å². The molecular formula is C32H32N4O5. The predicted octanol–water partition coefficient (Wildman–Crippen LogP) is 3.01. The monoisotopic (exact) mass is 552 g/mol. The lowest BCUT2D eigenvalue weighted by Gasteiger charge is -2.29. The lowest BCUT2D eigenvalue weighted by molar-refractivity contribution is -0.123. The van der Waals surface area contributed by atoms with Crippen molar-refractivity contribution in [2.75, 3.05) is 20.3 Å². The van der Waals surface area contributed by atoms with Crippen molar-refractivity contribution in [3.8, 4) is 5.75 Å². The largest absolute Gasteiger partial charge is 0.494 e. The Balaban J connectivity index is 1.30. The lowest BCUT2D eigenvalue weighted by Crippen LogP contribution is -2.43. The number of methoxy groups -OCH3 is 1. The third-order valence-electron chi connectivity index (χ3n) is 8.24. The summed E-state index contributed by atoms with van der Waals surface area (Å²) in [4.78, 5) is 35.1. The van der Waals surface area contributed by atoms with E-state index in [4.69, 9.17) is 20.2 Å². The molecule has 0 radical (unpaired) electrons. The zero-order valence-electron chi connectivity index (χ0n) is 23.0. The van der Waals surface area contributed by atoms with Gasteiger partial charge in [0, 0.05) is 22.7 Å². The Morgan fingerprint density at radius 1 is 1.22 bits per heavy atom. The number of hydrogen-bond donors (Lipinski definition) is 3. The van der Waals surface area contributed by atoms with E-state index in [0.29, 0.717) is 40.5 Å². The number of hydrogen-bond acceptors (Lipinski definition) is 7. The Bertz CT molecular complexity index is 1600. The van der Waals surface area contributed by atoms with Crippen LogP contribution in [0.5, 0.6) is 5.75 Å². The number of pyridine rings is 2. The van der Waals surface area contributed by atoms with Gasteiger partial charge in [-0.3, -0.25) is 14.6 Å². The number of amides is 2. The Morgan fingerprint density at radius 2 is 2.00 bits per heavy atom. The van der Waals surface area contributed by atoms with Crippen LogP contribution in [0.25, 0.3) is 5.76 Å². The highest BCUT2D eigenvalue weighted by atomic mass is 16.5. The van der Waals surface area contributed by atoms with Gasteiger partial charge in [-0.1, -0.05) is 42.5 Å². The molecule has 0 unspecified atom stereocenters. The third kappa shape index (κ3) is 4.76. The number of ether oxygens (including phenoxy) is 2. The van der Waals surface area contributed by atoms with Crippen LogP contribution in [0.4, 0.5) is 0 Å². The Hall–Kier alpha value is -4.50. The molecule has 9 nitrogen and oxygen atoms in total. The van der Waals surface area contributed by atoms with Crippen LogP contribution in [0.3, 0.4) is 0 Å². The Labute approximate surface area is 238 Å². The van der Waals surface area contributed by atoms with E-state index in [9.17, 15) is 14.7 Å². The molecule has 2 amide bonds. The summed E-state index contributed by atoms with van der Waals surface area (Å²) in [6.07, 6.45) is 7.81. The van der Waals surface area contributed by atoms with Crippen molar-refractivity contribution in [2.24, 2.45) is 5.73 Å². The maximum atomic E-state index is 13.5. The van der Waals surface area contributed by atoms with Crippen molar-refractivity contribution in [2.45, 2.75) is 43.1 Å². The number of allylic oxidation sites excluding steroid dienone is 1. The first-order valence-electron chi connectivity index (χ1n) is 13.7. The summed E-state index contributed by atoms with van der Waals surface area (Å²) in [5, 5.41) is 15.0. The number of aliphatic hydroxyl groups is 1. The molecule has 2 aromatic heterocycles. The highest BCUT2D eigenvalue weighted by Gasteiger charge is 2.44. The summed E-state index contributed by atoms with van der Waals surface area (Å²) in [6.45, 7) is 1.61. The Kier molecular flexibility index (Phi) is 6.62. The van der Waals surface area contributed by atoms with Crippen LogP contribution in [0.15, 0.2) is 72.5 Å². The number of nitrogens with one attached hydrogen (secondary N) is 1. The highest BCUT2D eigenvalue weighted by molar-refractivity contribution is 5.98. The average Bonchev–Trinajstić information content (AvgIpc) is 3.81. The van der Waals surface area contributed by atoms with Crippen molar-refractivity contribution in [3.63, 3.8) is 0 Å². The summed E-state index contributed by atoms with van der Waals surface area (Å²) in [5.74, 6) is 0.536. The minimum absolute atomic E-state index is 0.0883. The smallest absolute Gasteiger partial charge is 0.251 e. The summed E-state index contributed by atoms with van der Waals surface area (Å²) in [5.41, 5.74) is 7.44. The van der Waals surface area contributed by atoms with Gasteiger partial charge >= 0.3 is 0 Å². The van der Waals surface area contributed by atoms with E-state index in [2.05, 4.69) is 22.4 Å². The molecular weight excluding hydrogens is 520 g/mol. The molecule has 3 aromatic rings. The molecule has 1 saturated carbocycles. The fourth-order valence-corrected chi connectivity index (χ4v) is 5.37. The lowest BCUT2D eigenvalue weighted by atomic mass is 9.81. The van der Waals surface area contributed by atoms with E-state index in [0.717, 1.165) is 29.8 Å². The minimum atomic E-state index is -1.71. The van der Waals surface area contributed by atoms with Crippen molar-refractivity contribution in [3.05, 3.63) is 106 Å². The third-order valence-corrected chi connectivity index (χ3v) is 8.24. The van der Waals surface area contributed by atoms with Gasteiger partial charge in [0.15, 0.2) is 0 Å². The fraction of sp³-hybridized carbons (Fsp3) is 0.312. The van der Waals surface area contributed by atoms with Crippen LogP contribution in [-0.4, -0.2) is 47.2 Å². The van der Waals surface area contributed by atoms with Gasteiger partial charge in [0.2, 0.25) is 5.91 Å². The first-order valence-corrected chi connectivity index (χ1v) is 13.7. The molecule has 9 heteroatoms. The van der Waals surface area contributed by atoms with Gasteiger partial charge in [0.05, 0.1) is 25.5 Å². The van der Waals surface area contributed by atoms with Crippen LogP contribution in [0, 0.1) is 0 Å². The first kappa shape index (κ1) is 26.7. The number of benzene rings is 1. The fourth-order valence-electron chi connectivity index (χ4n) is 5.37. The summed E-state index contributed by atoms with van der Waals surface area (Å²) < 4.78 is 11.3. The van der Waals surface area contributed by atoms with Gasteiger partial charge in [0.25, 0.3) is 5.91 Å². The first-order chi connectivity index (χ1) is 19.7. The minimum Gasteiger partial charge on any atom is -0.494 e. The van der Waals surface area contributed by atoms with Crippen molar-refractivity contribution in [1.29, 1.82) is 0 Å². The molecule has 2 atom stereocenters. The van der Waals surface area contributed by atoms with Gasteiger partial charge in [-0.2, -0.15) is 0 Å². The molecule has 0 bridgehead atoms. The number of nitrogens with zero attached hydrogens (tertiary/aromatic N) is 2. The maximum Gasteiger partial charge on any atom is 0.251 e. The molecule has 4 N–H and O–H groups in total. The van der Waals surface area contributed by atoms with Crippen LogP contribution in [0.2, 0.25) is 0 Å². The average molecular weight is 553 g/mol. The second-order valence-electron chi connectivity index (χ2n) is 11.1. The molecule has 41 heavy (non-hydrogen) atoms. The number of primary amides is 1. The van der Waals surface area contributed by atoms with Crippen molar-refractivity contribution in [1.82, 2.24) is 15.3 Å². The van der Waals surface area contributed by atoms with Gasteiger partial charge < -0.3 is 25.6 Å². The second kappa shape index (κ2) is 10.2. The topological polar surface area (TPSA) is 137 Å². The van der Waals surface area contributed by atoms with E-state index < -0.39 is 16.9 Å². The Morgan fingerprint density at radius 3 is 2.71 bits per heavy atom. The molecule has 1 fully saturated rings.